The molecule has 1 heterocycles. The van der Waals surface area contributed by atoms with Crippen molar-refractivity contribution in [1.29, 1.82) is 0 Å². The third-order valence-corrected chi connectivity index (χ3v) is 6.28. The van der Waals surface area contributed by atoms with Crippen molar-refractivity contribution in [3.05, 3.63) is 47.0 Å². The van der Waals surface area contributed by atoms with Gasteiger partial charge in [-0.3, -0.25) is 9.59 Å². The van der Waals surface area contributed by atoms with Gasteiger partial charge in [0.05, 0.1) is 20.8 Å². The van der Waals surface area contributed by atoms with Crippen LogP contribution in [0.3, 0.4) is 0 Å². The molecule has 0 bridgehead atoms. The lowest BCUT2D eigenvalue weighted by atomic mass is 9.67. The summed E-state index contributed by atoms with van der Waals surface area (Å²) in [7, 11) is 4.74. The summed E-state index contributed by atoms with van der Waals surface area (Å²) in [5.41, 5.74) is 3.07. The van der Waals surface area contributed by atoms with Crippen LogP contribution in [0.5, 0.6) is 23.0 Å². The van der Waals surface area contributed by atoms with Crippen molar-refractivity contribution in [3.8, 4) is 23.0 Å². The molecule has 4 rings (SSSR count). The van der Waals surface area contributed by atoms with Gasteiger partial charge in [0.25, 0.3) is 0 Å². The topological polar surface area (TPSA) is 89.5 Å². The van der Waals surface area contributed by atoms with Gasteiger partial charge in [0.2, 0.25) is 0 Å². The quantitative estimate of drug-likeness (QED) is 0.482. The van der Waals surface area contributed by atoms with Crippen LogP contribution in [-0.4, -0.2) is 46.2 Å². The van der Waals surface area contributed by atoms with Crippen molar-refractivity contribution in [1.82, 2.24) is 0 Å². The molecular weight excluding hydrogens is 428 g/mol. The number of carbonyl (C=O) groups excluding carboxylic acids is 2. The molecule has 0 N–H and O–H groups in total. The standard InChI is InChI=1S/C25H28O8/c1-13(26)32-20-7-6-15(9-21(20)28-3)24-17-11-23(33-14(2)27)22(29-4)10-16(17)8-18-19(24)12-31-25(18)30-5/h6-7,9-11,18-19,24-25H,8,12H2,1-5H3. The zero-order valence-corrected chi connectivity index (χ0v) is 19.4. The van der Waals surface area contributed by atoms with E-state index in [2.05, 4.69) is 0 Å². The Morgan fingerprint density at radius 2 is 1.52 bits per heavy atom. The fourth-order valence-corrected chi connectivity index (χ4v) is 5.00. The van der Waals surface area contributed by atoms with Crippen LogP contribution < -0.4 is 18.9 Å². The molecule has 0 amide bonds. The van der Waals surface area contributed by atoms with Crippen LogP contribution in [0.1, 0.15) is 36.5 Å². The van der Waals surface area contributed by atoms with Crippen molar-refractivity contribution < 1.29 is 38.0 Å². The molecule has 2 aromatic rings. The van der Waals surface area contributed by atoms with Crippen molar-refractivity contribution in [2.45, 2.75) is 32.5 Å². The molecule has 4 atom stereocenters. The van der Waals surface area contributed by atoms with E-state index < -0.39 is 11.9 Å². The second-order valence-corrected chi connectivity index (χ2v) is 8.25. The fraction of sp³-hybridized carbons (Fsp3) is 0.440. The van der Waals surface area contributed by atoms with Gasteiger partial charge in [0, 0.05) is 38.7 Å². The first-order valence-corrected chi connectivity index (χ1v) is 10.8. The van der Waals surface area contributed by atoms with E-state index in [4.69, 9.17) is 28.4 Å². The van der Waals surface area contributed by atoms with Crippen molar-refractivity contribution >= 4 is 11.9 Å². The number of hydrogen-bond donors (Lipinski definition) is 0. The summed E-state index contributed by atoms with van der Waals surface area (Å²) in [5.74, 6) is 1.02. The zero-order valence-electron chi connectivity index (χ0n) is 19.4. The molecule has 8 heteroatoms. The zero-order chi connectivity index (χ0) is 23.7. The van der Waals surface area contributed by atoms with E-state index in [0.29, 0.717) is 29.6 Å². The summed E-state index contributed by atoms with van der Waals surface area (Å²) >= 11 is 0. The normalized spacial score (nSPS) is 23.3. The largest absolute Gasteiger partial charge is 0.493 e. The number of carbonyl (C=O) groups is 2. The highest BCUT2D eigenvalue weighted by Crippen LogP contribution is 2.51. The first kappa shape index (κ1) is 23.1. The van der Waals surface area contributed by atoms with Gasteiger partial charge in [0.1, 0.15) is 0 Å². The van der Waals surface area contributed by atoms with Crippen LogP contribution in [0, 0.1) is 11.8 Å². The van der Waals surface area contributed by atoms with Crippen LogP contribution in [0.4, 0.5) is 0 Å². The highest BCUT2D eigenvalue weighted by atomic mass is 16.7. The molecule has 0 aromatic heterocycles. The molecule has 1 saturated heterocycles. The molecule has 4 unspecified atom stereocenters. The average molecular weight is 456 g/mol. The van der Waals surface area contributed by atoms with Gasteiger partial charge in [-0.15, -0.1) is 0 Å². The Labute approximate surface area is 192 Å². The Hall–Kier alpha value is -3.10. The number of esters is 2. The smallest absolute Gasteiger partial charge is 0.308 e. The molecule has 176 valence electrons. The molecule has 33 heavy (non-hydrogen) atoms. The van der Waals surface area contributed by atoms with Gasteiger partial charge >= 0.3 is 11.9 Å². The summed E-state index contributed by atoms with van der Waals surface area (Å²) in [6.07, 6.45) is 0.431. The lowest BCUT2D eigenvalue weighted by Crippen LogP contribution is -2.33. The average Bonchev–Trinajstić information content (AvgIpc) is 3.19. The second-order valence-electron chi connectivity index (χ2n) is 8.25. The lowest BCUT2D eigenvalue weighted by Gasteiger charge is -2.36. The summed E-state index contributed by atoms with van der Waals surface area (Å²) < 4.78 is 33.3. The predicted octanol–water partition coefficient (Wildman–Crippen LogP) is 3.48. The van der Waals surface area contributed by atoms with Crippen LogP contribution in [-0.2, 0) is 25.5 Å². The Kier molecular flexibility index (Phi) is 6.58. The SMILES string of the molecule is COc1cc(C2c3cc(OC(C)=O)c(OC)cc3CC3C(OC)OCC23)ccc1OC(C)=O. The van der Waals surface area contributed by atoms with Crippen molar-refractivity contribution in [2.75, 3.05) is 27.9 Å². The van der Waals surface area contributed by atoms with Crippen LogP contribution in [0.15, 0.2) is 30.3 Å². The Balaban J connectivity index is 1.86. The second kappa shape index (κ2) is 9.41. The molecular formula is C25H28O8. The summed E-state index contributed by atoms with van der Waals surface area (Å²) in [4.78, 5) is 23.2. The van der Waals surface area contributed by atoms with Gasteiger partial charge in [-0.25, -0.2) is 0 Å². The molecule has 2 aliphatic rings. The summed E-state index contributed by atoms with van der Waals surface area (Å²) in [5, 5.41) is 0. The lowest BCUT2D eigenvalue weighted by molar-refractivity contribution is -0.132. The summed E-state index contributed by atoms with van der Waals surface area (Å²) in [6.45, 7) is 3.23. The minimum absolute atomic E-state index is 0.0839. The van der Waals surface area contributed by atoms with Gasteiger partial charge in [0.15, 0.2) is 29.3 Å². The molecule has 1 fully saturated rings. The van der Waals surface area contributed by atoms with E-state index in [1.54, 1.807) is 20.3 Å². The van der Waals surface area contributed by atoms with Crippen LogP contribution >= 0.6 is 0 Å². The molecule has 1 aliphatic carbocycles. The first-order chi connectivity index (χ1) is 15.9. The van der Waals surface area contributed by atoms with E-state index in [1.165, 1.54) is 21.0 Å². The molecule has 0 saturated carbocycles. The maximum Gasteiger partial charge on any atom is 0.308 e. The van der Waals surface area contributed by atoms with Gasteiger partial charge in [-0.05, 0) is 47.4 Å². The van der Waals surface area contributed by atoms with Crippen molar-refractivity contribution in [2.24, 2.45) is 11.8 Å². The van der Waals surface area contributed by atoms with E-state index >= 15 is 0 Å². The highest BCUT2D eigenvalue weighted by Gasteiger charge is 2.47. The first-order valence-electron chi connectivity index (χ1n) is 10.8. The monoisotopic (exact) mass is 456 g/mol. The van der Waals surface area contributed by atoms with Crippen LogP contribution in [0.25, 0.3) is 0 Å². The highest BCUT2D eigenvalue weighted by molar-refractivity contribution is 5.71. The Morgan fingerprint density at radius 3 is 2.15 bits per heavy atom. The Bertz CT molecular complexity index is 1060. The van der Waals surface area contributed by atoms with Gasteiger partial charge in [-0.2, -0.15) is 0 Å². The summed E-state index contributed by atoms with van der Waals surface area (Å²) in [6, 6.07) is 9.34. The van der Waals surface area contributed by atoms with E-state index in [9.17, 15) is 9.59 Å². The Morgan fingerprint density at radius 1 is 0.848 bits per heavy atom. The molecule has 1 aliphatic heterocycles. The predicted molar refractivity (Wildman–Crippen MR) is 118 cm³/mol. The van der Waals surface area contributed by atoms with Gasteiger partial charge in [-0.1, -0.05) is 6.07 Å². The minimum Gasteiger partial charge on any atom is -0.493 e. The number of benzene rings is 2. The number of hydrogen-bond acceptors (Lipinski definition) is 8. The number of fused-ring (bicyclic) bond motifs is 2. The number of ether oxygens (including phenoxy) is 6. The number of methoxy groups -OCH3 is 3. The van der Waals surface area contributed by atoms with Crippen LogP contribution in [0.2, 0.25) is 0 Å². The third kappa shape index (κ3) is 4.41. The van der Waals surface area contributed by atoms with E-state index in [1.807, 2.05) is 24.3 Å². The fourth-order valence-electron chi connectivity index (χ4n) is 5.00. The molecule has 0 radical (unpaired) electrons. The molecule has 8 nitrogen and oxygen atoms in total. The molecule has 2 aromatic carbocycles. The molecule has 0 spiro atoms. The van der Waals surface area contributed by atoms with E-state index in [-0.39, 0.29) is 24.0 Å². The maximum absolute atomic E-state index is 11.7. The third-order valence-electron chi connectivity index (χ3n) is 6.28. The minimum atomic E-state index is -0.422. The number of rotatable bonds is 6. The van der Waals surface area contributed by atoms with Crippen molar-refractivity contribution in [3.63, 3.8) is 0 Å². The van der Waals surface area contributed by atoms with Gasteiger partial charge < -0.3 is 28.4 Å². The maximum atomic E-state index is 11.7. The van der Waals surface area contributed by atoms with E-state index in [0.717, 1.165) is 23.1 Å².